The molecule has 81 heavy (non-hydrogen) atoms. The molecule has 24 nitrogen and oxygen atoms in total. The molecule has 5 amide bonds. The van der Waals surface area contributed by atoms with Crippen LogP contribution in [0.2, 0.25) is 0 Å². The predicted octanol–water partition coefficient (Wildman–Crippen LogP) is 1.94. The highest BCUT2D eigenvalue weighted by Gasteiger charge is 2.21. The average Bonchev–Trinajstić information content (AvgIpc) is 3.44. The number of carboxylic acids is 2. The molecule has 0 unspecified atom stereocenters. The van der Waals surface area contributed by atoms with Crippen LogP contribution in [-0.2, 0) is 57.3 Å². The Labute approximate surface area is 482 Å². The Morgan fingerprint density at radius 2 is 1.00 bits per heavy atom. The maximum Gasteiger partial charge on any atom is 0.335 e. The van der Waals surface area contributed by atoms with Crippen molar-refractivity contribution in [2.75, 3.05) is 92.7 Å². The summed E-state index contributed by atoms with van der Waals surface area (Å²) in [5.74, 6) is -3.12. The Balaban J connectivity index is 0. The highest BCUT2D eigenvalue weighted by Crippen LogP contribution is 2.15. The molecule has 0 aliphatic heterocycles. The van der Waals surface area contributed by atoms with Gasteiger partial charge in [-0.2, -0.15) is 0 Å². The summed E-state index contributed by atoms with van der Waals surface area (Å²) in [6, 6.07) is 3.85. The van der Waals surface area contributed by atoms with Gasteiger partial charge in [0, 0.05) is 39.0 Å². The largest absolute Gasteiger partial charge is 0.494 e. The number of carbonyl (C=O) groups is 9. The van der Waals surface area contributed by atoms with Crippen molar-refractivity contribution in [2.24, 2.45) is 11.5 Å². The summed E-state index contributed by atoms with van der Waals surface area (Å²) in [5.41, 5.74) is 10.3. The van der Waals surface area contributed by atoms with E-state index in [1.165, 1.54) is 12.1 Å². The fourth-order valence-electron chi connectivity index (χ4n) is 6.74. The first-order chi connectivity index (χ1) is 38.7. The lowest BCUT2D eigenvalue weighted by atomic mass is 9.85. The van der Waals surface area contributed by atoms with Crippen LogP contribution in [0.15, 0.2) is 24.3 Å². The number of aliphatic carboxylic acids is 1. The van der Waals surface area contributed by atoms with Crippen LogP contribution in [0.3, 0.4) is 0 Å². The van der Waals surface area contributed by atoms with Crippen LogP contribution in [0.1, 0.15) is 154 Å². The van der Waals surface area contributed by atoms with Crippen LogP contribution in [0, 0.1) is 0 Å². The summed E-state index contributed by atoms with van der Waals surface area (Å²) in [5, 5.41) is 34.6. The van der Waals surface area contributed by atoms with Crippen LogP contribution >= 0.6 is 0 Å². The lowest BCUT2D eigenvalue weighted by Gasteiger charge is -2.19. The van der Waals surface area contributed by atoms with Gasteiger partial charge in [-0.15, -0.1) is 0 Å². The third-order valence-corrected chi connectivity index (χ3v) is 12.0. The number of rotatable bonds is 49. The van der Waals surface area contributed by atoms with E-state index in [-0.39, 0.29) is 126 Å². The minimum atomic E-state index is -1.20. The first-order valence-electron chi connectivity index (χ1n) is 28.4. The monoisotopic (exact) mass is 1150 g/mol. The molecule has 458 valence electrons. The van der Waals surface area contributed by atoms with Gasteiger partial charge in [-0.05, 0) is 103 Å². The van der Waals surface area contributed by atoms with Crippen molar-refractivity contribution in [3.05, 3.63) is 29.8 Å². The van der Waals surface area contributed by atoms with Gasteiger partial charge >= 0.3 is 11.9 Å². The fourth-order valence-corrected chi connectivity index (χ4v) is 6.74. The number of likely N-dealkylation sites (N-methyl/N-ethyl adjacent to an activating group) is 1. The molecular weight excluding hydrogens is 1050 g/mol. The molecule has 0 aliphatic rings. The molecule has 0 saturated heterocycles. The van der Waals surface area contributed by atoms with Gasteiger partial charge in [-0.3, -0.25) is 24.0 Å². The van der Waals surface area contributed by atoms with Gasteiger partial charge in [0.25, 0.3) is 0 Å². The van der Waals surface area contributed by atoms with E-state index >= 15 is 0 Å². The highest BCUT2D eigenvalue weighted by molar-refractivity contribution is 6.60. The number of benzene rings is 1. The van der Waals surface area contributed by atoms with E-state index in [1.54, 1.807) is 33.0 Å². The number of hydrogen-bond acceptors (Lipinski definition) is 17. The van der Waals surface area contributed by atoms with Gasteiger partial charge in [0.2, 0.25) is 29.5 Å². The van der Waals surface area contributed by atoms with Gasteiger partial charge in [0.1, 0.15) is 25.0 Å². The fraction of sp³-hybridized carbons (Fsp3) is 0.727. The molecule has 3 atom stereocenters. The van der Waals surface area contributed by atoms with Crippen LogP contribution in [0.5, 0.6) is 5.75 Å². The summed E-state index contributed by atoms with van der Waals surface area (Å²) in [4.78, 5) is 105. The summed E-state index contributed by atoms with van der Waals surface area (Å²) >= 11 is 0. The topological polar surface area (TPSA) is 364 Å². The Bertz CT molecular complexity index is 1900. The van der Waals surface area contributed by atoms with Crippen molar-refractivity contribution >= 4 is 68.5 Å². The quantitative estimate of drug-likeness (QED) is 0.0329. The second-order valence-corrected chi connectivity index (χ2v) is 19.1. The molecule has 1 rings (SSSR count). The number of ether oxygens (including phenoxy) is 5. The zero-order chi connectivity index (χ0) is 61.1. The smallest absolute Gasteiger partial charge is 0.335 e. The zero-order valence-electron chi connectivity index (χ0n) is 48.9. The first kappa shape index (κ1) is 77.6. The van der Waals surface area contributed by atoms with E-state index in [9.17, 15) is 48.3 Å². The van der Waals surface area contributed by atoms with Crippen molar-refractivity contribution in [2.45, 2.75) is 167 Å². The molecule has 0 spiro atoms. The number of nitrogens with one attached hydrogen (secondary N) is 6. The van der Waals surface area contributed by atoms with Gasteiger partial charge in [-0.1, -0.05) is 58.8 Å². The van der Waals surface area contributed by atoms with Crippen molar-refractivity contribution in [3.8, 4) is 5.75 Å². The zero-order valence-corrected chi connectivity index (χ0v) is 48.9. The molecule has 26 heteroatoms. The number of unbranched alkanes of at least 4 members (excludes halogenated alkanes) is 10. The molecule has 0 bridgehead atoms. The average molecular weight is 1150 g/mol. The summed E-state index contributed by atoms with van der Waals surface area (Å²) in [7, 11) is 11.8. The Morgan fingerprint density at radius 3 is 1.48 bits per heavy atom. The van der Waals surface area contributed by atoms with Gasteiger partial charge in [0.05, 0.1) is 80.8 Å². The van der Waals surface area contributed by atoms with Crippen LogP contribution in [0.4, 0.5) is 0 Å². The minimum Gasteiger partial charge on any atom is -0.494 e. The summed E-state index contributed by atoms with van der Waals surface area (Å²) < 4.78 is 27.0. The molecule has 4 radical (unpaired) electrons. The molecule has 0 fully saturated rings. The number of carbonyl (C=O) groups excluding carboxylic acids is 7. The first-order valence-corrected chi connectivity index (χ1v) is 28.4. The molecule has 0 heterocycles. The van der Waals surface area contributed by atoms with E-state index in [4.69, 9.17) is 56.0 Å². The van der Waals surface area contributed by atoms with Crippen LogP contribution in [-0.4, -0.2) is 195 Å². The van der Waals surface area contributed by atoms with E-state index in [0.717, 1.165) is 51.4 Å². The SMILES string of the molecule is CC.[B]C(=O)C(C)(C)NC.[B]C(=O)[C@@H](N)CCCCNC(=O)[C@@H](N)CCCCNC(=O)COCCOCCNC(=O)COCCOCCNC(=O)CC[C@H](NC(=O)CCCCCCCCCCCOc1ccc(C(=O)O)cc1)C(=O)O. The normalized spacial score (nSPS) is 11.9. The number of aromatic carboxylic acids is 1. The minimum absolute atomic E-state index is 0.0506. The maximum atomic E-state index is 12.4. The standard InChI is InChI=1S/C48H80BN7O15.C5H10BNO.C2H6/c49-45(61)38(50)14-9-12-24-55-46(62)39(51)15-10-11-23-52-43(59)34-69-32-31-68-29-26-54-44(60)35-70-33-30-67-28-25-53-41(57)22-21-40(48(65)66)56-42(58)16-8-6-4-2-1-3-5-7-13-27-71-37-19-17-36(18-20-37)47(63)64;1-5(2,7-3)4(6)8;1-2/h17-20,38-40H,1-16,21-35,50-51H2,(H,52,59)(H,53,57)(H,54,60)(H,55,62)(H,56,58)(H,63,64)(H,65,66);7H,1-3H3;1-2H3/t38-,39-,40-;;/m0../s1. The van der Waals surface area contributed by atoms with Crippen molar-refractivity contribution < 1.29 is 77.0 Å². The Kier molecular flexibility index (Phi) is 49.2. The van der Waals surface area contributed by atoms with Gasteiger partial charge < -0.3 is 86.9 Å². The molecule has 0 saturated carbocycles. The molecule has 1 aromatic rings. The second-order valence-electron chi connectivity index (χ2n) is 19.1. The maximum absolute atomic E-state index is 12.4. The van der Waals surface area contributed by atoms with E-state index in [1.807, 2.05) is 13.8 Å². The number of carboxylic acid groups (broad SMARTS) is 2. The van der Waals surface area contributed by atoms with Gasteiger partial charge in [-0.25, -0.2) is 9.59 Å². The molecule has 0 aromatic heterocycles. The second kappa shape index (κ2) is 51.4. The van der Waals surface area contributed by atoms with Crippen molar-refractivity contribution in [1.82, 2.24) is 31.9 Å². The predicted molar refractivity (Wildman–Crippen MR) is 309 cm³/mol. The number of hydrogen-bond donors (Lipinski definition) is 10. The lowest BCUT2D eigenvalue weighted by Crippen LogP contribution is -2.44. The van der Waals surface area contributed by atoms with Crippen LogP contribution < -0.4 is 48.1 Å². The Hall–Kier alpha value is -5.50. The third-order valence-electron chi connectivity index (χ3n) is 12.0. The van der Waals surface area contributed by atoms with E-state index < -0.39 is 41.3 Å². The Morgan fingerprint density at radius 1 is 0.531 bits per heavy atom. The molecule has 0 aliphatic carbocycles. The van der Waals surface area contributed by atoms with Crippen molar-refractivity contribution in [3.63, 3.8) is 0 Å². The van der Waals surface area contributed by atoms with E-state index in [0.29, 0.717) is 70.4 Å². The number of amides is 5. The molecule has 12 N–H and O–H groups in total. The summed E-state index contributed by atoms with van der Waals surface area (Å²) in [6.07, 6.45) is 12.4. The van der Waals surface area contributed by atoms with Crippen molar-refractivity contribution in [1.29, 1.82) is 0 Å². The molecular formula is C55H96B2N8O16. The van der Waals surface area contributed by atoms with E-state index in [2.05, 4.69) is 31.9 Å². The van der Waals surface area contributed by atoms with Gasteiger partial charge in [0.15, 0.2) is 15.7 Å². The highest BCUT2D eigenvalue weighted by atomic mass is 16.5. The number of nitrogens with two attached hydrogens (primary N) is 2. The lowest BCUT2D eigenvalue weighted by molar-refractivity contribution is -0.142. The third kappa shape index (κ3) is 46.8. The molecule has 1 aromatic carbocycles. The summed E-state index contributed by atoms with van der Waals surface area (Å²) in [6.45, 7) is 10.2. The van der Waals surface area contributed by atoms with Crippen LogP contribution in [0.25, 0.3) is 0 Å².